The Morgan fingerprint density at radius 2 is 2.27 bits per heavy atom. The first-order valence-electron chi connectivity index (χ1n) is 5.05. The number of ether oxygens (including phenoxy) is 1. The van der Waals surface area contributed by atoms with Crippen LogP contribution in [0.15, 0.2) is 12.4 Å². The van der Waals surface area contributed by atoms with E-state index in [2.05, 4.69) is 9.97 Å². The molecule has 1 aliphatic heterocycles. The monoisotopic (exact) mass is 209 g/mol. The van der Waals surface area contributed by atoms with Gasteiger partial charge in [-0.2, -0.15) is 0 Å². The zero-order valence-electron chi connectivity index (χ0n) is 8.76. The van der Waals surface area contributed by atoms with Crippen molar-refractivity contribution in [2.24, 2.45) is 0 Å². The highest BCUT2D eigenvalue weighted by molar-refractivity contribution is 5.32. The molecule has 2 heterocycles. The summed E-state index contributed by atoms with van der Waals surface area (Å²) < 4.78 is 5.29. The van der Waals surface area contributed by atoms with Gasteiger partial charge >= 0.3 is 0 Å². The number of aliphatic hydroxyl groups excluding tert-OH is 1. The van der Waals surface area contributed by atoms with Gasteiger partial charge in [0.25, 0.3) is 0 Å². The number of hydrogen-bond acceptors (Lipinski definition) is 5. The standard InChI is InChI=1S/C10H15N3O2/c1-8-4-11-10(12-5-8)13-2-3-15-7-9(13)6-14/h4-5,9,14H,2-3,6-7H2,1H3. The van der Waals surface area contributed by atoms with Crippen LogP contribution in [0.1, 0.15) is 5.56 Å². The molecule has 0 amide bonds. The molecule has 2 rings (SSSR count). The van der Waals surface area contributed by atoms with E-state index in [0.29, 0.717) is 19.2 Å². The van der Waals surface area contributed by atoms with Gasteiger partial charge in [0.05, 0.1) is 25.9 Å². The molecular formula is C10H15N3O2. The summed E-state index contributed by atoms with van der Waals surface area (Å²) in [5, 5.41) is 9.20. The lowest BCUT2D eigenvalue weighted by atomic mass is 10.2. The molecule has 0 bridgehead atoms. The molecule has 0 saturated carbocycles. The van der Waals surface area contributed by atoms with Crippen molar-refractivity contribution in [2.45, 2.75) is 13.0 Å². The zero-order valence-corrected chi connectivity index (χ0v) is 8.76. The average Bonchev–Trinajstić information content (AvgIpc) is 2.30. The van der Waals surface area contributed by atoms with Gasteiger partial charge in [-0.3, -0.25) is 0 Å². The van der Waals surface area contributed by atoms with Gasteiger partial charge in [-0.05, 0) is 12.5 Å². The molecule has 0 aliphatic carbocycles. The van der Waals surface area contributed by atoms with Crippen molar-refractivity contribution in [3.63, 3.8) is 0 Å². The topological polar surface area (TPSA) is 58.5 Å². The summed E-state index contributed by atoms with van der Waals surface area (Å²) in [4.78, 5) is 10.5. The van der Waals surface area contributed by atoms with Gasteiger partial charge in [-0.1, -0.05) is 0 Å². The number of anilines is 1. The van der Waals surface area contributed by atoms with Crippen molar-refractivity contribution >= 4 is 5.95 Å². The third-order valence-electron chi connectivity index (χ3n) is 2.46. The predicted octanol–water partition coefficient (Wildman–Crippen LogP) is -0.0175. The molecule has 15 heavy (non-hydrogen) atoms. The van der Waals surface area contributed by atoms with E-state index in [9.17, 15) is 5.11 Å². The van der Waals surface area contributed by atoms with E-state index in [1.807, 2.05) is 11.8 Å². The molecule has 1 N–H and O–H groups in total. The predicted molar refractivity (Wildman–Crippen MR) is 55.8 cm³/mol. The minimum atomic E-state index is -0.0264. The summed E-state index contributed by atoms with van der Waals surface area (Å²) in [6, 6.07) is -0.0264. The maximum atomic E-state index is 9.20. The van der Waals surface area contributed by atoms with Crippen LogP contribution in [0.25, 0.3) is 0 Å². The summed E-state index contributed by atoms with van der Waals surface area (Å²) in [6.45, 7) is 3.94. The Morgan fingerprint density at radius 1 is 1.53 bits per heavy atom. The first-order valence-corrected chi connectivity index (χ1v) is 5.05. The summed E-state index contributed by atoms with van der Waals surface area (Å²) in [5.74, 6) is 0.669. The van der Waals surface area contributed by atoms with E-state index in [-0.39, 0.29) is 12.6 Å². The van der Waals surface area contributed by atoms with Crippen molar-refractivity contribution in [3.8, 4) is 0 Å². The molecule has 1 unspecified atom stereocenters. The van der Waals surface area contributed by atoms with Crippen molar-refractivity contribution in [1.29, 1.82) is 0 Å². The molecular weight excluding hydrogens is 194 g/mol. The second-order valence-electron chi connectivity index (χ2n) is 3.67. The van der Waals surface area contributed by atoms with Gasteiger partial charge in [0, 0.05) is 18.9 Å². The van der Waals surface area contributed by atoms with E-state index < -0.39 is 0 Å². The van der Waals surface area contributed by atoms with Gasteiger partial charge in [0.15, 0.2) is 0 Å². The number of morpholine rings is 1. The highest BCUT2D eigenvalue weighted by Crippen LogP contribution is 2.14. The molecule has 1 saturated heterocycles. The Balaban J connectivity index is 2.16. The Kier molecular flexibility index (Phi) is 3.13. The Hall–Kier alpha value is -1.20. The van der Waals surface area contributed by atoms with Crippen LogP contribution in [0.3, 0.4) is 0 Å². The molecule has 5 nitrogen and oxygen atoms in total. The van der Waals surface area contributed by atoms with Crippen molar-refractivity contribution in [1.82, 2.24) is 9.97 Å². The van der Waals surface area contributed by atoms with Crippen LogP contribution < -0.4 is 4.90 Å². The van der Waals surface area contributed by atoms with E-state index in [1.54, 1.807) is 12.4 Å². The van der Waals surface area contributed by atoms with E-state index in [1.165, 1.54) is 0 Å². The van der Waals surface area contributed by atoms with Gasteiger partial charge in [0.1, 0.15) is 0 Å². The summed E-state index contributed by atoms with van der Waals surface area (Å²) in [6.07, 6.45) is 3.57. The average molecular weight is 209 g/mol. The third kappa shape index (κ3) is 2.24. The highest BCUT2D eigenvalue weighted by atomic mass is 16.5. The smallest absolute Gasteiger partial charge is 0.225 e. The molecule has 0 aromatic carbocycles. The molecule has 0 radical (unpaired) electrons. The highest BCUT2D eigenvalue weighted by Gasteiger charge is 2.24. The first-order chi connectivity index (χ1) is 7.31. The minimum Gasteiger partial charge on any atom is -0.394 e. The molecule has 1 fully saturated rings. The van der Waals surface area contributed by atoms with Crippen LogP contribution in [0.5, 0.6) is 0 Å². The summed E-state index contributed by atoms with van der Waals surface area (Å²) in [5.41, 5.74) is 1.03. The van der Waals surface area contributed by atoms with Gasteiger partial charge in [-0.15, -0.1) is 0 Å². The number of aromatic nitrogens is 2. The lowest BCUT2D eigenvalue weighted by Gasteiger charge is -2.34. The molecule has 1 atom stereocenters. The van der Waals surface area contributed by atoms with Crippen LogP contribution in [-0.4, -0.2) is 47.5 Å². The quantitative estimate of drug-likeness (QED) is 0.742. The number of aryl methyl sites for hydroxylation is 1. The van der Waals surface area contributed by atoms with Crippen LogP contribution in [-0.2, 0) is 4.74 Å². The Morgan fingerprint density at radius 3 is 2.93 bits per heavy atom. The maximum Gasteiger partial charge on any atom is 0.225 e. The summed E-state index contributed by atoms with van der Waals surface area (Å²) >= 11 is 0. The van der Waals surface area contributed by atoms with Gasteiger partial charge < -0.3 is 14.7 Å². The molecule has 5 heteroatoms. The number of nitrogens with zero attached hydrogens (tertiary/aromatic N) is 3. The van der Waals surface area contributed by atoms with Crippen LogP contribution in [0.4, 0.5) is 5.95 Å². The molecule has 1 aromatic heterocycles. The fourth-order valence-corrected chi connectivity index (χ4v) is 1.60. The molecule has 0 spiro atoms. The fourth-order valence-electron chi connectivity index (χ4n) is 1.60. The normalized spacial score (nSPS) is 21.7. The number of rotatable bonds is 2. The van der Waals surface area contributed by atoms with E-state index in [4.69, 9.17) is 4.74 Å². The second kappa shape index (κ2) is 4.55. The second-order valence-corrected chi connectivity index (χ2v) is 3.67. The maximum absolute atomic E-state index is 9.20. The SMILES string of the molecule is Cc1cnc(N2CCOCC2CO)nc1. The van der Waals surface area contributed by atoms with Crippen molar-refractivity contribution < 1.29 is 9.84 Å². The molecule has 82 valence electrons. The zero-order chi connectivity index (χ0) is 10.7. The molecule has 1 aromatic rings. The van der Waals surface area contributed by atoms with Crippen LogP contribution >= 0.6 is 0 Å². The Bertz CT molecular complexity index is 315. The molecule has 1 aliphatic rings. The lowest BCUT2D eigenvalue weighted by Crippen LogP contribution is -2.48. The van der Waals surface area contributed by atoms with Gasteiger partial charge in [-0.25, -0.2) is 9.97 Å². The van der Waals surface area contributed by atoms with Crippen molar-refractivity contribution in [2.75, 3.05) is 31.3 Å². The number of hydrogen-bond donors (Lipinski definition) is 1. The van der Waals surface area contributed by atoms with E-state index in [0.717, 1.165) is 12.1 Å². The third-order valence-corrected chi connectivity index (χ3v) is 2.46. The van der Waals surface area contributed by atoms with E-state index >= 15 is 0 Å². The van der Waals surface area contributed by atoms with Crippen molar-refractivity contribution in [3.05, 3.63) is 18.0 Å². The lowest BCUT2D eigenvalue weighted by molar-refractivity contribution is 0.0718. The largest absolute Gasteiger partial charge is 0.394 e. The fraction of sp³-hybridized carbons (Fsp3) is 0.600. The Labute approximate surface area is 88.7 Å². The summed E-state index contributed by atoms with van der Waals surface area (Å²) in [7, 11) is 0. The first kappa shape index (κ1) is 10.3. The number of aliphatic hydroxyl groups is 1. The van der Waals surface area contributed by atoms with Gasteiger partial charge in [0.2, 0.25) is 5.95 Å². The van der Waals surface area contributed by atoms with Crippen LogP contribution in [0, 0.1) is 6.92 Å². The van der Waals surface area contributed by atoms with Crippen LogP contribution in [0.2, 0.25) is 0 Å². The minimum absolute atomic E-state index is 0.0264.